The summed E-state index contributed by atoms with van der Waals surface area (Å²) in [5.41, 5.74) is 3.05. The second kappa shape index (κ2) is 8.58. The van der Waals surface area contributed by atoms with Crippen LogP contribution in [0.25, 0.3) is 0 Å². The first-order valence-corrected chi connectivity index (χ1v) is 7.95. The molecule has 0 atom stereocenters. The third kappa shape index (κ3) is 5.02. The highest BCUT2D eigenvalue weighted by atomic mass is 16.5. The lowest BCUT2D eigenvalue weighted by Crippen LogP contribution is -2.15. The van der Waals surface area contributed by atoms with Crippen LogP contribution in [0.5, 0.6) is 0 Å². The highest BCUT2D eigenvalue weighted by Gasteiger charge is 2.14. The molecule has 0 aromatic heterocycles. The number of nitriles is 1. The van der Waals surface area contributed by atoms with Crippen molar-refractivity contribution in [1.82, 2.24) is 0 Å². The molecule has 0 saturated carbocycles. The standard InChI is InChI=1S/C20H18N2O4/c1-13-3-4-14(2)17(11-13)18(23)12-26-20(25)15-5-7-16(8-6-15)22-19(24)9-10-21/h3-8,11H,9,12H2,1-2H3,(H,22,24). The molecule has 0 spiro atoms. The number of nitrogens with one attached hydrogen (secondary N) is 1. The minimum absolute atomic E-state index is 0.246. The van der Waals surface area contributed by atoms with E-state index in [-0.39, 0.29) is 24.4 Å². The lowest BCUT2D eigenvalue weighted by Gasteiger charge is -2.08. The van der Waals surface area contributed by atoms with E-state index >= 15 is 0 Å². The van der Waals surface area contributed by atoms with Crippen molar-refractivity contribution in [2.45, 2.75) is 20.3 Å². The van der Waals surface area contributed by atoms with E-state index in [1.807, 2.05) is 26.0 Å². The molecular weight excluding hydrogens is 332 g/mol. The Hall–Kier alpha value is -3.46. The molecule has 132 valence electrons. The van der Waals surface area contributed by atoms with Gasteiger partial charge in [0.2, 0.25) is 11.7 Å². The first-order chi connectivity index (χ1) is 12.4. The van der Waals surface area contributed by atoms with Gasteiger partial charge in [0.05, 0.1) is 11.6 Å². The molecular formula is C20H18N2O4. The number of ketones is 1. The first-order valence-electron chi connectivity index (χ1n) is 7.95. The maximum atomic E-state index is 12.2. The minimum Gasteiger partial charge on any atom is -0.454 e. The van der Waals surface area contributed by atoms with Gasteiger partial charge in [0, 0.05) is 11.3 Å². The average Bonchev–Trinajstić information content (AvgIpc) is 2.62. The molecule has 2 rings (SSSR count). The van der Waals surface area contributed by atoms with Crippen molar-refractivity contribution in [3.8, 4) is 6.07 Å². The fraction of sp³-hybridized carbons (Fsp3) is 0.200. The summed E-state index contributed by atoms with van der Waals surface area (Å²) >= 11 is 0. The van der Waals surface area contributed by atoms with Crippen molar-refractivity contribution < 1.29 is 19.1 Å². The zero-order chi connectivity index (χ0) is 19.1. The van der Waals surface area contributed by atoms with Gasteiger partial charge in [-0.2, -0.15) is 5.26 Å². The van der Waals surface area contributed by atoms with Crippen molar-refractivity contribution in [2.75, 3.05) is 11.9 Å². The van der Waals surface area contributed by atoms with E-state index in [0.29, 0.717) is 11.3 Å². The third-order valence-corrected chi connectivity index (χ3v) is 3.67. The van der Waals surface area contributed by atoms with Crippen LogP contribution in [0.4, 0.5) is 5.69 Å². The number of carbonyl (C=O) groups is 3. The average molecular weight is 350 g/mol. The van der Waals surface area contributed by atoms with Crippen molar-refractivity contribution in [1.29, 1.82) is 5.26 Å². The fourth-order valence-electron chi connectivity index (χ4n) is 2.30. The van der Waals surface area contributed by atoms with Gasteiger partial charge in [0.15, 0.2) is 6.61 Å². The van der Waals surface area contributed by atoms with Crippen LogP contribution in [-0.4, -0.2) is 24.3 Å². The topological polar surface area (TPSA) is 96.3 Å². The molecule has 0 bridgehead atoms. The summed E-state index contributed by atoms with van der Waals surface area (Å²) in [5.74, 6) is -1.32. The van der Waals surface area contributed by atoms with Crippen molar-refractivity contribution in [3.63, 3.8) is 0 Å². The Labute approximate surface area is 151 Å². The maximum absolute atomic E-state index is 12.2. The van der Waals surface area contributed by atoms with E-state index in [9.17, 15) is 14.4 Å². The van der Waals surface area contributed by atoms with E-state index < -0.39 is 11.9 Å². The number of ether oxygens (including phenoxy) is 1. The van der Waals surface area contributed by atoms with Gasteiger partial charge in [-0.1, -0.05) is 17.7 Å². The lowest BCUT2D eigenvalue weighted by molar-refractivity contribution is -0.115. The quantitative estimate of drug-likeness (QED) is 0.637. The number of Topliss-reactive ketones (excluding diaryl/α,β-unsaturated/α-hetero) is 1. The number of benzene rings is 2. The molecule has 0 unspecified atom stereocenters. The fourth-order valence-corrected chi connectivity index (χ4v) is 2.30. The van der Waals surface area contributed by atoms with Crippen LogP contribution in [0.15, 0.2) is 42.5 Å². The van der Waals surface area contributed by atoms with Gasteiger partial charge in [0.1, 0.15) is 6.42 Å². The van der Waals surface area contributed by atoms with Gasteiger partial charge in [0.25, 0.3) is 0 Å². The van der Waals surface area contributed by atoms with Crippen LogP contribution in [0.3, 0.4) is 0 Å². The molecule has 0 aliphatic carbocycles. The van der Waals surface area contributed by atoms with E-state index in [2.05, 4.69) is 5.32 Å². The zero-order valence-electron chi connectivity index (χ0n) is 14.5. The van der Waals surface area contributed by atoms with Crippen LogP contribution >= 0.6 is 0 Å². The van der Waals surface area contributed by atoms with Crippen molar-refractivity contribution in [2.24, 2.45) is 0 Å². The molecule has 2 aromatic rings. The molecule has 0 fully saturated rings. The largest absolute Gasteiger partial charge is 0.454 e. The Balaban J connectivity index is 1.95. The highest BCUT2D eigenvalue weighted by molar-refractivity contribution is 6.00. The molecule has 0 heterocycles. The SMILES string of the molecule is Cc1ccc(C)c(C(=O)COC(=O)c2ccc(NC(=O)CC#N)cc2)c1. The number of aryl methyl sites for hydroxylation is 2. The minimum atomic E-state index is -0.626. The van der Waals surface area contributed by atoms with Gasteiger partial charge in [-0.25, -0.2) is 4.79 Å². The second-order valence-electron chi connectivity index (χ2n) is 5.78. The van der Waals surface area contributed by atoms with Gasteiger partial charge in [-0.15, -0.1) is 0 Å². The zero-order valence-corrected chi connectivity index (χ0v) is 14.5. The summed E-state index contributed by atoms with van der Waals surface area (Å²) in [7, 11) is 0. The van der Waals surface area contributed by atoms with Crippen molar-refractivity contribution in [3.05, 3.63) is 64.7 Å². The van der Waals surface area contributed by atoms with E-state index in [1.165, 1.54) is 24.3 Å². The third-order valence-electron chi connectivity index (χ3n) is 3.67. The monoisotopic (exact) mass is 350 g/mol. The Kier molecular flexibility index (Phi) is 6.23. The Morgan fingerprint density at radius 2 is 1.77 bits per heavy atom. The smallest absolute Gasteiger partial charge is 0.338 e. The summed E-state index contributed by atoms with van der Waals surface area (Å²) in [5, 5.41) is 11.0. The molecule has 0 aliphatic rings. The van der Waals surface area contributed by atoms with Gasteiger partial charge in [-0.05, 0) is 49.7 Å². The number of carbonyl (C=O) groups excluding carboxylic acids is 3. The van der Waals surface area contributed by atoms with Gasteiger partial charge < -0.3 is 10.1 Å². The predicted octanol–water partition coefficient (Wildman–Crippen LogP) is 3.20. The maximum Gasteiger partial charge on any atom is 0.338 e. The van der Waals surface area contributed by atoms with Gasteiger partial charge >= 0.3 is 5.97 Å². The first kappa shape index (κ1) is 18.9. The van der Waals surface area contributed by atoms with Gasteiger partial charge in [-0.3, -0.25) is 9.59 Å². The summed E-state index contributed by atoms with van der Waals surface area (Å²) < 4.78 is 5.08. The number of hydrogen-bond donors (Lipinski definition) is 1. The molecule has 26 heavy (non-hydrogen) atoms. The molecule has 6 heteroatoms. The normalized spacial score (nSPS) is 9.88. The van der Waals surface area contributed by atoms with E-state index in [4.69, 9.17) is 10.00 Å². The number of nitrogens with zero attached hydrogens (tertiary/aromatic N) is 1. The summed E-state index contributed by atoms with van der Waals surface area (Å²) in [6.07, 6.45) is -0.246. The molecule has 6 nitrogen and oxygen atoms in total. The van der Waals surface area contributed by atoms with Crippen LogP contribution < -0.4 is 5.32 Å². The number of rotatable bonds is 6. The Morgan fingerprint density at radius 1 is 1.08 bits per heavy atom. The number of hydrogen-bond acceptors (Lipinski definition) is 5. The van der Waals surface area contributed by atoms with Crippen LogP contribution in [0.2, 0.25) is 0 Å². The van der Waals surface area contributed by atoms with E-state index in [1.54, 1.807) is 12.1 Å². The number of amides is 1. The number of anilines is 1. The molecule has 1 N–H and O–H groups in total. The lowest BCUT2D eigenvalue weighted by atomic mass is 10.0. The number of esters is 1. The summed E-state index contributed by atoms with van der Waals surface area (Å²) in [6, 6.07) is 13.3. The van der Waals surface area contributed by atoms with Crippen LogP contribution in [-0.2, 0) is 9.53 Å². The Bertz CT molecular complexity index is 880. The van der Waals surface area contributed by atoms with E-state index in [0.717, 1.165) is 11.1 Å². The summed E-state index contributed by atoms with van der Waals surface area (Å²) in [4.78, 5) is 35.6. The molecule has 0 radical (unpaired) electrons. The summed E-state index contributed by atoms with van der Waals surface area (Å²) in [6.45, 7) is 3.37. The molecule has 0 aliphatic heterocycles. The molecule has 2 aromatic carbocycles. The highest BCUT2D eigenvalue weighted by Crippen LogP contribution is 2.13. The second-order valence-corrected chi connectivity index (χ2v) is 5.78. The van der Waals surface area contributed by atoms with Crippen LogP contribution in [0, 0.1) is 25.2 Å². The predicted molar refractivity (Wildman–Crippen MR) is 95.8 cm³/mol. The van der Waals surface area contributed by atoms with Crippen molar-refractivity contribution >= 4 is 23.3 Å². The molecule has 0 saturated heterocycles. The van der Waals surface area contributed by atoms with Crippen LogP contribution in [0.1, 0.15) is 38.3 Å². The Morgan fingerprint density at radius 3 is 2.42 bits per heavy atom. The molecule has 1 amide bonds.